The molecule has 2 aliphatic rings. The van der Waals surface area contributed by atoms with Crippen molar-refractivity contribution in [3.63, 3.8) is 0 Å². The van der Waals surface area contributed by atoms with Gasteiger partial charge in [0.15, 0.2) is 0 Å². The van der Waals surface area contributed by atoms with Crippen molar-refractivity contribution in [2.75, 3.05) is 26.7 Å². The molecule has 3 nitrogen and oxygen atoms in total. The Morgan fingerprint density at radius 1 is 1.25 bits per heavy atom. The maximum Gasteiger partial charge on any atom is 0.0625 e. The molecule has 1 heterocycles. The van der Waals surface area contributed by atoms with Crippen molar-refractivity contribution in [2.24, 2.45) is 0 Å². The third kappa shape index (κ3) is 2.96. The minimum atomic E-state index is -0.0188. The molecule has 2 fully saturated rings. The fourth-order valence-electron chi connectivity index (χ4n) is 3.33. The summed E-state index contributed by atoms with van der Waals surface area (Å²) in [4.78, 5) is 2.34. The third-order valence-corrected chi connectivity index (χ3v) is 4.19. The van der Waals surface area contributed by atoms with E-state index in [1.54, 1.807) is 0 Å². The summed E-state index contributed by atoms with van der Waals surface area (Å²) in [5.41, 5.74) is -0.0188. The molecule has 0 bridgehead atoms. The summed E-state index contributed by atoms with van der Waals surface area (Å²) in [7, 11) is 2.16. The lowest BCUT2D eigenvalue weighted by Crippen LogP contribution is -2.61. The molecular weight excluding hydrogens is 200 g/mol. The zero-order valence-electron chi connectivity index (χ0n) is 10.5. The molecule has 0 spiro atoms. The highest BCUT2D eigenvalue weighted by atomic mass is 16.3. The molecule has 0 aromatic carbocycles. The molecule has 0 aromatic rings. The lowest BCUT2D eigenvalue weighted by molar-refractivity contribution is 0.0655. The largest absolute Gasteiger partial charge is 0.394 e. The number of likely N-dealkylation sites (tertiary alicyclic amines) is 1. The quantitative estimate of drug-likeness (QED) is 0.763. The van der Waals surface area contributed by atoms with E-state index < -0.39 is 0 Å². The summed E-state index contributed by atoms with van der Waals surface area (Å²) in [6.45, 7) is 2.46. The van der Waals surface area contributed by atoms with Crippen molar-refractivity contribution in [2.45, 2.75) is 56.5 Å². The Bertz CT molecular complexity index is 216. The summed E-state index contributed by atoms with van der Waals surface area (Å²) in [5, 5.41) is 13.5. The predicted molar refractivity (Wildman–Crippen MR) is 66.6 cm³/mol. The standard InChI is InChI=1S/C13H26N2O/c1-15-9-5-8-13(10-15,11-16)14-12-6-3-2-4-7-12/h12,14,16H,2-11H2,1H3. The molecule has 0 amide bonds. The van der Waals surface area contributed by atoms with Gasteiger partial charge in [0.25, 0.3) is 0 Å². The first kappa shape index (κ1) is 12.3. The van der Waals surface area contributed by atoms with Crippen molar-refractivity contribution in [3.8, 4) is 0 Å². The van der Waals surface area contributed by atoms with Crippen LogP contribution in [0.3, 0.4) is 0 Å². The maximum atomic E-state index is 9.70. The molecule has 0 radical (unpaired) electrons. The fourth-order valence-corrected chi connectivity index (χ4v) is 3.33. The molecule has 1 unspecified atom stereocenters. The van der Waals surface area contributed by atoms with Gasteiger partial charge in [-0.2, -0.15) is 0 Å². The number of hydrogen-bond acceptors (Lipinski definition) is 3. The number of hydrogen-bond donors (Lipinski definition) is 2. The highest BCUT2D eigenvalue weighted by Gasteiger charge is 2.35. The fraction of sp³-hybridized carbons (Fsp3) is 1.00. The molecule has 1 saturated heterocycles. The molecule has 1 aliphatic carbocycles. The first-order valence-electron chi connectivity index (χ1n) is 6.81. The molecule has 3 heteroatoms. The van der Waals surface area contributed by atoms with Crippen molar-refractivity contribution in [1.82, 2.24) is 10.2 Å². The molecule has 16 heavy (non-hydrogen) atoms. The van der Waals surface area contributed by atoms with Gasteiger partial charge in [-0.3, -0.25) is 0 Å². The summed E-state index contributed by atoms with van der Waals surface area (Å²) >= 11 is 0. The molecule has 1 saturated carbocycles. The molecule has 2 rings (SSSR count). The highest BCUT2D eigenvalue weighted by molar-refractivity contribution is 4.96. The van der Waals surface area contributed by atoms with E-state index in [2.05, 4.69) is 17.3 Å². The highest BCUT2D eigenvalue weighted by Crippen LogP contribution is 2.25. The van der Waals surface area contributed by atoms with E-state index in [4.69, 9.17) is 0 Å². The second-order valence-electron chi connectivity index (χ2n) is 5.76. The Hall–Kier alpha value is -0.120. The topological polar surface area (TPSA) is 35.5 Å². The van der Waals surface area contributed by atoms with Crippen LogP contribution in [0.2, 0.25) is 0 Å². The minimum Gasteiger partial charge on any atom is -0.394 e. The third-order valence-electron chi connectivity index (χ3n) is 4.19. The van der Waals surface area contributed by atoms with Crippen LogP contribution in [0.4, 0.5) is 0 Å². The number of nitrogens with zero attached hydrogens (tertiary/aromatic N) is 1. The van der Waals surface area contributed by atoms with Gasteiger partial charge in [-0.15, -0.1) is 0 Å². The van der Waals surface area contributed by atoms with Gasteiger partial charge < -0.3 is 15.3 Å². The zero-order chi connectivity index (χ0) is 11.4. The Morgan fingerprint density at radius 2 is 2.00 bits per heavy atom. The summed E-state index contributed by atoms with van der Waals surface area (Å²) in [6, 6.07) is 0.646. The molecule has 0 aromatic heterocycles. The summed E-state index contributed by atoms with van der Waals surface area (Å²) in [6.07, 6.45) is 9.03. The number of rotatable bonds is 3. The van der Waals surface area contributed by atoms with Crippen LogP contribution in [0.1, 0.15) is 44.9 Å². The zero-order valence-corrected chi connectivity index (χ0v) is 10.5. The molecule has 2 N–H and O–H groups in total. The average molecular weight is 226 g/mol. The van der Waals surface area contributed by atoms with E-state index in [0.717, 1.165) is 13.0 Å². The van der Waals surface area contributed by atoms with Gasteiger partial charge in [-0.25, -0.2) is 0 Å². The van der Waals surface area contributed by atoms with Crippen molar-refractivity contribution in [3.05, 3.63) is 0 Å². The molecular formula is C13H26N2O. The minimum absolute atomic E-state index is 0.0188. The van der Waals surface area contributed by atoms with E-state index in [9.17, 15) is 5.11 Å². The number of aliphatic hydroxyl groups excluding tert-OH is 1. The van der Waals surface area contributed by atoms with E-state index in [1.165, 1.54) is 45.1 Å². The lowest BCUT2D eigenvalue weighted by Gasteiger charge is -2.44. The lowest BCUT2D eigenvalue weighted by atomic mass is 9.86. The molecule has 1 atom stereocenters. The van der Waals surface area contributed by atoms with Crippen LogP contribution in [-0.4, -0.2) is 48.3 Å². The van der Waals surface area contributed by atoms with Crippen LogP contribution in [0.5, 0.6) is 0 Å². The van der Waals surface area contributed by atoms with Crippen LogP contribution < -0.4 is 5.32 Å². The van der Waals surface area contributed by atoms with Gasteiger partial charge in [-0.05, 0) is 39.3 Å². The van der Waals surface area contributed by atoms with Gasteiger partial charge >= 0.3 is 0 Å². The van der Waals surface area contributed by atoms with Gasteiger partial charge in [0, 0.05) is 12.6 Å². The Morgan fingerprint density at radius 3 is 2.62 bits per heavy atom. The SMILES string of the molecule is CN1CCCC(CO)(NC2CCCCC2)C1. The Labute approximate surface area is 99.2 Å². The van der Waals surface area contributed by atoms with Gasteiger partial charge in [0.1, 0.15) is 0 Å². The predicted octanol–water partition coefficient (Wildman–Crippen LogP) is 1.37. The first-order valence-corrected chi connectivity index (χ1v) is 6.81. The number of nitrogens with one attached hydrogen (secondary N) is 1. The van der Waals surface area contributed by atoms with E-state index >= 15 is 0 Å². The smallest absolute Gasteiger partial charge is 0.0625 e. The van der Waals surface area contributed by atoms with Crippen molar-refractivity contribution >= 4 is 0 Å². The Balaban J connectivity index is 1.91. The average Bonchev–Trinajstić information content (AvgIpc) is 2.30. The summed E-state index contributed by atoms with van der Waals surface area (Å²) in [5.74, 6) is 0. The normalized spacial score (nSPS) is 34.1. The number of likely N-dealkylation sites (N-methyl/N-ethyl adjacent to an activating group) is 1. The molecule has 1 aliphatic heterocycles. The second kappa shape index (κ2) is 5.48. The van der Waals surface area contributed by atoms with Gasteiger partial charge in [0.2, 0.25) is 0 Å². The second-order valence-corrected chi connectivity index (χ2v) is 5.76. The van der Waals surface area contributed by atoms with Gasteiger partial charge in [-0.1, -0.05) is 19.3 Å². The van der Waals surface area contributed by atoms with E-state index in [1.807, 2.05) is 0 Å². The van der Waals surface area contributed by atoms with E-state index in [-0.39, 0.29) is 12.1 Å². The summed E-state index contributed by atoms with van der Waals surface area (Å²) < 4.78 is 0. The maximum absolute atomic E-state index is 9.70. The van der Waals surface area contributed by atoms with Crippen LogP contribution >= 0.6 is 0 Å². The van der Waals surface area contributed by atoms with Crippen LogP contribution in [0, 0.1) is 0 Å². The van der Waals surface area contributed by atoms with Gasteiger partial charge in [0.05, 0.1) is 12.1 Å². The van der Waals surface area contributed by atoms with E-state index in [0.29, 0.717) is 6.04 Å². The van der Waals surface area contributed by atoms with Crippen LogP contribution in [-0.2, 0) is 0 Å². The Kier molecular flexibility index (Phi) is 4.22. The monoisotopic (exact) mass is 226 g/mol. The first-order chi connectivity index (χ1) is 7.74. The number of aliphatic hydroxyl groups is 1. The van der Waals surface area contributed by atoms with Crippen LogP contribution in [0.15, 0.2) is 0 Å². The van der Waals surface area contributed by atoms with Crippen molar-refractivity contribution < 1.29 is 5.11 Å². The number of piperidine rings is 1. The van der Waals surface area contributed by atoms with Crippen molar-refractivity contribution in [1.29, 1.82) is 0 Å². The van der Waals surface area contributed by atoms with Crippen LogP contribution in [0.25, 0.3) is 0 Å². The molecule has 94 valence electrons.